The molecular formula is C22H22N2O2S2. The van der Waals surface area contributed by atoms with Gasteiger partial charge in [-0.3, -0.25) is 4.79 Å². The molecule has 4 aromatic rings. The number of aryl methyl sites for hydroxylation is 1. The van der Waals surface area contributed by atoms with E-state index in [4.69, 9.17) is 4.98 Å². The smallest absolute Gasteiger partial charge is 0.252 e. The van der Waals surface area contributed by atoms with E-state index in [9.17, 15) is 9.90 Å². The number of aromatic nitrogens is 2. The highest BCUT2D eigenvalue weighted by molar-refractivity contribution is 7.26. The molecule has 0 amide bonds. The van der Waals surface area contributed by atoms with E-state index in [1.165, 1.54) is 39.1 Å². The molecule has 144 valence electrons. The zero-order valence-corrected chi connectivity index (χ0v) is 17.8. The first-order valence-electron chi connectivity index (χ1n) is 9.57. The maximum atomic E-state index is 12.1. The topological polar surface area (TPSA) is 66.0 Å². The monoisotopic (exact) mass is 410 g/mol. The molecule has 0 spiro atoms. The van der Waals surface area contributed by atoms with E-state index in [2.05, 4.69) is 43.3 Å². The van der Waals surface area contributed by atoms with Crippen LogP contribution in [0.5, 0.6) is 5.75 Å². The van der Waals surface area contributed by atoms with Crippen LogP contribution in [0, 0.1) is 11.3 Å². The summed E-state index contributed by atoms with van der Waals surface area (Å²) in [6.07, 6.45) is 3.11. The number of hydrogen-bond donors (Lipinski definition) is 2. The molecule has 4 heterocycles. The standard InChI is InChI=1S/C22H22N2O2S2/c1-22(2,3)11-6-7-13-12(9-11)17(15-5-4-8-27-15)18-19-20(28-21(18)23-13)14(25)10-16(26)24-19/h4-5,8,10-11H,6-7,9H2,1-3H3,(H2,24,25,26)/t11-/m0/s1. The number of fused-ring (bicyclic) bond motifs is 4. The number of rotatable bonds is 1. The van der Waals surface area contributed by atoms with Gasteiger partial charge in [0.05, 0.1) is 10.2 Å². The molecule has 0 aliphatic heterocycles. The molecule has 0 aromatic carbocycles. The molecule has 28 heavy (non-hydrogen) atoms. The quantitative estimate of drug-likeness (QED) is 0.421. The number of thiophene rings is 2. The first-order valence-corrected chi connectivity index (χ1v) is 11.3. The fourth-order valence-electron chi connectivity index (χ4n) is 4.38. The normalized spacial score (nSPS) is 17.3. The van der Waals surface area contributed by atoms with Crippen molar-refractivity contribution in [1.82, 2.24) is 9.97 Å². The van der Waals surface area contributed by atoms with E-state index >= 15 is 0 Å². The van der Waals surface area contributed by atoms with Crippen LogP contribution >= 0.6 is 22.7 Å². The predicted molar refractivity (Wildman–Crippen MR) is 118 cm³/mol. The third-order valence-electron chi connectivity index (χ3n) is 5.95. The molecule has 0 fully saturated rings. The molecule has 4 aromatic heterocycles. The molecule has 0 saturated carbocycles. The number of H-pyrrole nitrogens is 1. The van der Waals surface area contributed by atoms with Gasteiger partial charge in [-0.1, -0.05) is 26.8 Å². The van der Waals surface area contributed by atoms with Crippen LogP contribution in [0.3, 0.4) is 0 Å². The molecule has 1 atom stereocenters. The number of hydrogen-bond acceptors (Lipinski definition) is 5. The maximum absolute atomic E-state index is 12.1. The van der Waals surface area contributed by atoms with Crippen molar-refractivity contribution in [3.63, 3.8) is 0 Å². The van der Waals surface area contributed by atoms with Crippen LogP contribution in [-0.2, 0) is 12.8 Å². The molecule has 1 aliphatic rings. The SMILES string of the molecule is CC(C)(C)[C@H]1CCc2nc3sc4c(O)cc(=O)[nH]c4c3c(-c3cccs3)c2C1. The number of pyridine rings is 2. The minimum absolute atomic E-state index is 0.0319. The average molecular weight is 411 g/mol. The summed E-state index contributed by atoms with van der Waals surface area (Å²) < 4.78 is 0.703. The maximum Gasteiger partial charge on any atom is 0.252 e. The first kappa shape index (κ1) is 17.9. The summed E-state index contributed by atoms with van der Waals surface area (Å²) in [5, 5.41) is 13.4. The Morgan fingerprint density at radius 1 is 1.32 bits per heavy atom. The van der Waals surface area contributed by atoms with Crippen molar-refractivity contribution in [2.75, 3.05) is 0 Å². The van der Waals surface area contributed by atoms with E-state index in [-0.39, 0.29) is 16.7 Å². The lowest BCUT2D eigenvalue weighted by Gasteiger charge is -2.35. The van der Waals surface area contributed by atoms with Crippen molar-refractivity contribution in [1.29, 1.82) is 0 Å². The minimum Gasteiger partial charge on any atom is -0.506 e. The summed E-state index contributed by atoms with van der Waals surface area (Å²) in [5.41, 5.74) is 4.34. The van der Waals surface area contributed by atoms with Crippen molar-refractivity contribution >= 4 is 43.1 Å². The van der Waals surface area contributed by atoms with Crippen molar-refractivity contribution in [2.24, 2.45) is 11.3 Å². The number of aromatic amines is 1. The Morgan fingerprint density at radius 3 is 2.86 bits per heavy atom. The molecule has 0 bridgehead atoms. The average Bonchev–Trinajstić information content (AvgIpc) is 3.27. The van der Waals surface area contributed by atoms with Gasteiger partial charge in [0.15, 0.2) is 0 Å². The van der Waals surface area contributed by atoms with E-state index in [1.54, 1.807) is 11.3 Å². The molecule has 0 unspecified atom stereocenters. The Labute approximate surface area is 170 Å². The largest absolute Gasteiger partial charge is 0.506 e. The Morgan fingerprint density at radius 2 is 2.14 bits per heavy atom. The summed E-state index contributed by atoms with van der Waals surface area (Å²) in [7, 11) is 0. The molecule has 0 saturated heterocycles. The Bertz CT molecular complexity index is 1260. The van der Waals surface area contributed by atoms with Crippen molar-refractivity contribution in [3.8, 4) is 16.2 Å². The van der Waals surface area contributed by atoms with Crippen LogP contribution in [0.4, 0.5) is 0 Å². The number of nitrogens with one attached hydrogen (secondary N) is 1. The number of aromatic hydroxyl groups is 1. The van der Waals surface area contributed by atoms with Crippen molar-refractivity contribution in [2.45, 2.75) is 40.0 Å². The first-order chi connectivity index (χ1) is 13.3. The van der Waals surface area contributed by atoms with Gasteiger partial charge in [-0.15, -0.1) is 22.7 Å². The van der Waals surface area contributed by atoms with Gasteiger partial charge in [0.2, 0.25) is 0 Å². The van der Waals surface area contributed by atoms with Gasteiger partial charge in [-0.2, -0.15) is 0 Å². The van der Waals surface area contributed by atoms with Crippen LogP contribution in [0.25, 0.3) is 30.9 Å². The highest BCUT2D eigenvalue weighted by Crippen LogP contribution is 2.47. The highest BCUT2D eigenvalue weighted by Gasteiger charge is 2.32. The van der Waals surface area contributed by atoms with Gasteiger partial charge in [0.1, 0.15) is 10.6 Å². The predicted octanol–water partition coefficient (Wildman–Crippen LogP) is 5.72. The Hall–Kier alpha value is -2.18. The van der Waals surface area contributed by atoms with Gasteiger partial charge in [0, 0.05) is 27.6 Å². The molecule has 2 N–H and O–H groups in total. The summed E-state index contributed by atoms with van der Waals surface area (Å²) in [6.45, 7) is 6.94. The lowest BCUT2D eigenvalue weighted by Crippen LogP contribution is -2.27. The fraction of sp³-hybridized carbons (Fsp3) is 0.364. The van der Waals surface area contributed by atoms with Crippen molar-refractivity contribution < 1.29 is 5.11 Å². The van der Waals surface area contributed by atoms with Crippen LogP contribution in [0.2, 0.25) is 0 Å². The Balaban J connectivity index is 1.90. The second-order valence-corrected chi connectivity index (χ2v) is 10.6. The molecular weight excluding hydrogens is 388 g/mol. The highest BCUT2D eigenvalue weighted by atomic mass is 32.1. The summed E-state index contributed by atoms with van der Waals surface area (Å²) in [5.74, 6) is 0.625. The third kappa shape index (κ3) is 2.70. The Kier molecular flexibility index (Phi) is 3.93. The second kappa shape index (κ2) is 6.16. The number of nitrogens with zero attached hydrogens (tertiary/aromatic N) is 1. The van der Waals surface area contributed by atoms with Gasteiger partial charge in [-0.25, -0.2) is 4.98 Å². The van der Waals surface area contributed by atoms with Gasteiger partial charge < -0.3 is 10.1 Å². The van der Waals surface area contributed by atoms with E-state index in [1.807, 2.05) is 0 Å². The second-order valence-electron chi connectivity index (χ2n) is 8.70. The fourth-order valence-corrected chi connectivity index (χ4v) is 6.26. The van der Waals surface area contributed by atoms with E-state index in [0.29, 0.717) is 16.1 Å². The van der Waals surface area contributed by atoms with Gasteiger partial charge in [0.25, 0.3) is 5.56 Å². The summed E-state index contributed by atoms with van der Waals surface area (Å²) in [4.78, 5) is 22.1. The van der Waals surface area contributed by atoms with Crippen LogP contribution < -0.4 is 5.56 Å². The van der Waals surface area contributed by atoms with E-state index in [0.717, 1.165) is 29.5 Å². The van der Waals surface area contributed by atoms with E-state index < -0.39 is 0 Å². The molecule has 5 rings (SSSR count). The van der Waals surface area contributed by atoms with Crippen molar-refractivity contribution in [3.05, 3.63) is 45.2 Å². The van der Waals surface area contributed by atoms with Gasteiger partial charge >= 0.3 is 0 Å². The molecule has 1 aliphatic carbocycles. The lowest BCUT2D eigenvalue weighted by molar-refractivity contribution is 0.215. The molecule has 4 nitrogen and oxygen atoms in total. The van der Waals surface area contributed by atoms with Crippen LogP contribution in [0.1, 0.15) is 38.4 Å². The molecule has 6 heteroatoms. The molecule has 0 radical (unpaired) electrons. The summed E-state index contributed by atoms with van der Waals surface area (Å²) in [6, 6.07) is 5.46. The van der Waals surface area contributed by atoms with Crippen LogP contribution in [-0.4, -0.2) is 15.1 Å². The minimum atomic E-state index is -0.285. The zero-order valence-electron chi connectivity index (χ0n) is 16.1. The summed E-state index contributed by atoms with van der Waals surface area (Å²) >= 11 is 3.18. The third-order valence-corrected chi connectivity index (χ3v) is 7.94. The van der Waals surface area contributed by atoms with Crippen LogP contribution in [0.15, 0.2) is 28.4 Å². The van der Waals surface area contributed by atoms with Gasteiger partial charge in [-0.05, 0) is 47.6 Å². The lowest BCUT2D eigenvalue weighted by atomic mass is 9.70. The zero-order chi connectivity index (χ0) is 19.6.